The van der Waals surface area contributed by atoms with Gasteiger partial charge in [0.25, 0.3) is 5.69 Å². The van der Waals surface area contributed by atoms with Gasteiger partial charge < -0.3 is 13.8 Å². The van der Waals surface area contributed by atoms with Crippen molar-refractivity contribution in [3.63, 3.8) is 0 Å². The van der Waals surface area contributed by atoms with Crippen LogP contribution in [-0.2, 0) is 14.1 Å². The summed E-state index contributed by atoms with van der Waals surface area (Å²) < 4.78 is 68.2. The van der Waals surface area contributed by atoms with Crippen LogP contribution in [0.25, 0.3) is 0 Å². The molecule has 1 fully saturated rings. The van der Waals surface area contributed by atoms with Gasteiger partial charge in [0.2, 0.25) is 0 Å². The molecule has 0 aromatic heterocycles. The van der Waals surface area contributed by atoms with Gasteiger partial charge in [0, 0.05) is 18.7 Å². The van der Waals surface area contributed by atoms with Crippen LogP contribution in [0.5, 0.6) is 11.5 Å². The van der Waals surface area contributed by atoms with Crippen molar-refractivity contribution in [1.82, 2.24) is 9.99 Å². The molecule has 1 aliphatic heterocycles. The molecular weight excluding hydrogens is 518 g/mol. The molecule has 202 valence electrons. The number of nitro groups is 1. The first-order valence-electron chi connectivity index (χ1n) is 11.5. The second-order valence-corrected chi connectivity index (χ2v) is 10.1. The number of hydrogen-bond acceptors (Lipinski definition) is 8. The van der Waals surface area contributed by atoms with Crippen molar-refractivity contribution >= 4 is 19.4 Å². The lowest BCUT2D eigenvalue weighted by Gasteiger charge is -2.24. The molecule has 1 heterocycles. The van der Waals surface area contributed by atoms with E-state index in [4.69, 9.17) is 13.8 Å². The lowest BCUT2D eigenvalue weighted by Crippen LogP contribution is -2.38. The first-order valence-corrected chi connectivity index (χ1v) is 13.0. The summed E-state index contributed by atoms with van der Waals surface area (Å²) in [5, 5.41) is 13.4. The molecule has 10 nitrogen and oxygen atoms in total. The Bertz CT molecular complexity index is 1100. The van der Waals surface area contributed by atoms with E-state index in [1.54, 1.807) is 18.2 Å². The van der Waals surface area contributed by atoms with Crippen molar-refractivity contribution < 1.29 is 41.2 Å². The highest BCUT2D eigenvalue weighted by molar-refractivity contribution is 7.52. The third-order valence-corrected chi connectivity index (χ3v) is 7.01. The molecule has 37 heavy (non-hydrogen) atoms. The van der Waals surface area contributed by atoms with Crippen LogP contribution >= 0.6 is 7.75 Å². The normalized spacial score (nSPS) is 19.2. The predicted molar refractivity (Wildman–Crippen MR) is 127 cm³/mol. The number of carbonyl (C=O) groups is 1. The van der Waals surface area contributed by atoms with Crippen LogP contribution in [0.1, 0.15) is 26.2 Å². The van der Waals surface area contributed by atoms with Crippen LogP contribution in [0, 0.1) is 10.1 Å². The quantitative estimate of drug-likeness (QED) is 0.188. The van der Waals surface area contributed by atoms with Crippen LogP contribution in [-0.4, -0.2) is 53.7 Å². The third-order valence-electron chi connectivity index (χ3n) is 5.40. The molecule has 1 saturated heterocycles. The van der Waals surface area contributed by atoms with Crippen LogP contribution in [0.4, 0.5) is 18.9 Å². The molecule has 3 rings (SSSR count). The van der Waals surface area contributed by atoms with Crippen molar-refractivity contribution in [3.05, 3.63) is 64.7 Å². The monoisotopic (exact) mass is 545 g/mol. The fraction of sp³-hybridized carbons (Fsp3) is 0.435. The number of halogens is 3. The molecule has 2 unspecified atom stereocenters. The van der Waals surface area contributed by atoms with E-state index in [2.05, 4.69) is 5.09 Å². The van der Waals surface area contributed by atoms with Crippen LogP contribution in [0.2, 0.25) is 0 Å². The molecule has 2 aromatic carbocycles. The summed E-state index contributed by atoms with van der Waals surface area (Å²) in [4.78, 5) is 24.3. The minimum absolute atomic E-state index is 0.00791. The van der Waals surface area contributed by atoms with Gasteiger partial charge in [0.05, 0.1) is 11.5 Å². The predicted octanol–water partition coefficient (Wildman–Crippen LogP) is 5.10. The van der Waals surface area contributed by atoms with E-state index in [0.717, 1.165) is 12.1 Å². The summed E-state index contributed by atoms with van der Waals surface area (Å²) in [5.41, 5.74) is -0.201. The maximum absolute atomic E-state index is 13.6. The molecular formula is C23H27F3N3O7P. The zero-order chi connectivity index (χ0) is 27.1. The maximum Gasteiger partial charge on any atom is 0.513 e. The van der Waals surface area contributed by atoms with Crippen LogP contribution in [0.3, 0.4) is 0 Å². The number of para-hydroxylation sites is 1. The van der Waals surface area contributed by atoms with Crippen molar-refractivity contribution in [1.29, 1.82) is 0 Å². The Hall–Kier alpha value is -3.15. The van der Waals surface area contributed by atoms with E-state index in [0.29, 0.717) is 12.8 Å². The number of rotatable bonds is 10. The number of nitrogens with zero attached hydrogens (tertiary/aromatic N) is 2. The van der Waals surface area contributed by atoms with E-state index >= 15 is 0 Å². The number of carbonyl (C=O) groups excluding carboxylic acids is 1. The van der Waals surface area contributed by atoms with Crippen molar-refractivity contribution in [2.75, 3.05) is 19.6 Å². The number of hydrogen-bond donors (Lipinski definition) is 1. The molecule has 0 amide bonds. The van der Waals surface area contributed by atoms with Gasteiger partial charge in [-0.05, 0) is 57.0 Å². The van der Waals surface area contributed by atoms with Gasteiger partial charge in [-0.2, -0.15) is 18.3 Å². The lowest BCUT2D eigenvalue weighted by molar-refractivity contribution is -0.384. The Morgan fingerprint density at radius 3 is 2.32 bits per heavy atom. The van der Waals surface area contributed by atoms with E-state index in [1.165, 1.54) is 36.1 Å². The Morgan fingerprint density at radius 1 is 1.11 bits per heavy atom. The number of nitro benzene ring substituents is 1. The van der Waals surface area contributed by atoms with Gasteiger partial charge in [-0.25, -0.2) is 4.57 Å². The van der Waals surface area contributed by atoms with Crippen molar-refractivity contribution in [3.8, 4) is 11.5 Å². The highest BCUT2D eigenvalue weighted by atomic mass is 31.2. The van der Waals surface area contributed by atoms with Gasteiger partial charge in [-0.3, -0.25) is 19.8 Å². The van der Waals surface area contributed by atoms with E-state index in [1.807, 2.05) is 0 Å². The van der Waals surface area contributed by atoms with Crippen molar-refractivity contribution in [2.45, 2.75) is 44.5 Å². The number of esters is 1. The minimum atomic E-state index is -4.31. The zero-order valence-corrected chi connectivity index (χ0v) is 20.8. The molecule has 0 radical (unpaired) electrons. The number of ether oxygens (including phenoxy) is 1. The molecule has 3 atom stereocenters. The second kappa shape index (κ2) is 12.4. The van der Waals surface area contributed by atoms with Gasteiger partial charge in [0.15, 0.2) is 0 Å². The SMILES string of the molecule is C[C@H](NP(=O)(Oc1ccccc1)Oc1ccc([N+](=O)[O-])cc1)C(=O)OC1CCCN(CC(F)(F)F)CC1. The molecule has 0 aliphatic carbocycles. The van der Waals surface area contributed by atoms with Gasteiger partial charge in [-0.1, -0.05) is 18.2 Å². The summed E-state index contributed by atoms with van der Waals surface area (Å²) in [6.45, 7) is 0.726. The van der Waals surface area contributed by atoms with E-state index < -0.39 is 43.5 Å². The topological polar surface area (TPSA) is 120 Å². The summed E-state index contributed by atoms with van der Waals surface area (Å²) in [5.74, 6) is -0.612. The summed E-state index contributed by atoms with van der Waals surface area (Å²) in [7, 11) is -4.26. The highest BCUT2D eigenvalue weighted by Gasteiger charge is 2.36. The first kappa shape index (κ1) is 28.4. The van der Waals surface area contributed by atoms with Gasteiger partial charge >= 0.3 is 19.9 Å². The van der Waals surface area contributed by atoms with E-state index in [9.17, 15) is 32.6 Å². The average Bonchev–Trinajstić information content (AvgIpc) is 3.03. The Balaban J connectivity index is 1.66. The molecule has 0 bridgehead atoms. The first-order chi connectivity index (χ1) is 17.4. The Labute approximate surface area is 211 Å². The van der Waals surface area contributed by atoms with Crippen LogP contribution in [0.15, 0.2) is 54.6 Å². The number of likely N-dealkylation sites (tertiary alicyclic amines) is 1. The van der Waals surface area contributed by atoms with E-state index in [-0.39, 0.29) is 36.7 Å². The average molecular weight is 545 g/mol. The summed E-state index contributed by atoms with van der Waals surface area (Å²) >= 11 is 0. The maximum atomic E-state index is 13.6. The number of benzene rings is 2. The number of nitrogens with one attached hydrogen (secondary N) is 1. The molecule has 2 aromatic rings. The lowest BCUT2D eigenvalue weighted by atomic mass is 10.1. The number of non-ortho nitro benzene ring substituents is 1. The molecule has 14 heteroatoms. The third kappa shape index (κ3) is 9.34. The van der Waals surface area contributed by atoms with Gasteiger partial charge in [0.1, 0.15) is 23.6 Å². The molecule has 0 spiro atoms. The Kier molecular flexibility index (Phi) is 9.52. The number of alkyl halides is 3. The second-order valence-electron chi connectivity index (χ2n) is 8.48. The summed E-state index contributed by atoms with van der Waals surface area (Å²) in [6.07, 6.45) is -3.86. The molecule has 1 N–H and O–H groups in total. The fourth-order valence-corrected chi connectivity index (χ4v) is 5.19. The summed E-state index contributed by atoms with van der Waals surface area (Å²) in [6, 6.07) is 11.7. The Morgan fingerprint density at radius 2 is 1.73 bits per heavy atom. The standard InChI is InChI=1S/C23H27F3N3O7P/c1-17(22(30)34-19-8-5-14-28(15-13-19)16-23(24,25)26)27-37(33,35-20-6-3-2-4-7-20)36-21-11-9-18(10-12-21)29(31)32/h2-4,6-7,9-12,17,19H,5,8,13-16H2,1H3,(H,27,33)/t17-,19?,37?/m0/s1. The van der Waals surface area contributed by atoms with Crippen molar-refractivity contribution in [2.24, 2.45) is 0 Å². The fourth-order valence-electron chi connectivity index (χ4n) is 3.67. The highest BCUT2D eigenvalue weighted by Crippen LogP contribution is 2.45. The minimum Gasteiger partial charge on any atom is -0.461 e. The zero-order valence-electron chi connectivity index (χ0n) is 19.9. The molecule has 0 saturated carbocycles. The van der Waals surface area contributed by atoms with Crippen LogP contribution < -0.4 is 14.1 Å². The molecule has 1 aliphatic rings. The van der Waals surface area contributed by atoms with Gasteiger partial charge in [-0.15, -0.1) is 0 Å². The largest absolute Gasteiger partial charge is 0.513 e. The smallest absolute Gasteiger partial charge is 0.461 e.